The lowest BCUT2D eigenvalue weighted by molar-refractivity contribution is -0.216. The van der Waals surface area contributed by atoms with E-state index in [0.717, 1.165) is 44.1 Å². The summed E-state index contributed by atoms with van der Waals surface area (Å²) in [5, 5.41) is 4.35. The second-order valence-corrected chi connectivity index (χ2v) is 17.4. The first-order valence-corrected chi connectivity index (χ1v) is 16.9. The second kappa shape index (κ2) is 9.21. The fraction of sp³-hybridized carbons (Fsp3) is 0.737. The highest BCUT2D eigenvalue weighted by Gasteiger charge is 2.70. The van der Waals surface area contributed by atoms with Crippen molar-refractivity contribution in [2.75, 3.05) is 0 Å². The maximum Gasteiger partial charge on any atom is 0.313 e. The third kappa shape index (κ3) is 3.78. The zero-order valence-corrected chi connectivity index (χ0v) is 27.2. The van der Waals surface area contributed by atoms with Crippen molar-refractivity contribution in [3.8, 4) is 0 Å². The van der Waals surface area contributed by atoms with Crippen molar-refractivity contribution in [1.29, 1.82) is 0 Å². The largest absolute Gasteiger partial charge is 0.460 e. The molecule has 4 unspecified atom stereocenters. The number of allylic oxidation sites excluding steroid dienone is 2. The van der Waals surface area contributed by atoms with Crippen molar-refractivity contribution in [2.24, 2.45) is 61.3 Å². The minimum atomic E-state index is -0.391. The van der Waals surface area contributed by atoms with Gasteiger partial charge in [0.05, 0.1) is 11.6 Å². The quantitative estimate of drug-likeness (QED) is 0.268. The average Bonchev–Trinajstić information content (AvgIpc) is 3.41. The molecule has 42 heavy (non-hydrogen) atoms. The van der Waals surface area contributed by atoms with Crippen LogP contribution in [-0.2, 0) is 21.0 Å². The Morgan fingerprint density at radius 3 is 2.43 bits per heavy atom. The van der Waals surface area contributed by atoms with Gasteiger partial charge in [-0.05, 0) is 103 Å². The Bertz CT molecular complexity index is 1310. The van der Waals surface area contributed by atoms with E-state index >= 15 is 0 Å². The first-order valence-electron chi connectivity index (χ1n) is 16.9. The third-order valence-corrected chi connectivity index (χ3v) is 14.6. The smallest absolute Gasteiger partial charge is 0.313 e. The van der Waals surface area contributed by atoms with Gasteiger partial charge in [0.1, 0.15) is 12.7 Å². The lowest BCUT2D eigenvalue weighted by atomic mass is 9.33. The molecule has 1 aliphatic heterocycles. The predicted octanol–water partition coefficient (Wildman–Crippen LogP) is 9.14. The zero-order chi connectivity index (χ0) is 29.8. The molecular formula is C38H53NO3. The molecule has 1 aromatic carbocycles. The lowest BCUT2D eigenvalue weighted by Gasteiger charge is -2.71. The fourth-order valence-corrected chi connectivity index (χ4v) is 12.2. The van der Waals surface area contributed by atoms with E-state index in [4.69, 9.17) is 9.57 Å². The molecule has 4 saturated carbocycles. The van der Waals surface area contributed by atoms with Gasteiger partial charge in [-0.2, -0.15) is 0 Å². The first kappa shape index (κ1) is 28.7. The molecule has 0 aromatic heterocycles. The molecule has 0 radical (unpaired) electrons. The van der Waals surface area contributed by atoms with E-state index in [1.54, 1.807) is 5.57 Å². The Morgan fingerprint density at radius 2 is 1.67 bits per heavy atom. The van der Waals surface area contributed by atoms with Crippen molar-refractivity contribution in [3.05, 3.63) is 47.5 Å². The van der Waals surface area contributed by atoms with E-state index in [1.807, 2.05) is 18.2 Å². The molecule has 5 aliphatic carbocycles. The number of carbonyl (C=O) groups is 1. The number of esters is 1. The summed E-state index contributed by atoms with van der Waals surface area (Å²) >= 11 is 0. The molecule has 4 nitrogen and oxygen atoms in total. The third-order valence-electron chi connectivity index (χ3n) is 14.6. The van der Waals surface area contributed by atoms with E-state index in [2.05, 4.69) is 78.0 Å². The van der Waals surface area contributed by atoms with Crippen molar-refractivity contribution in [2.45, 2.75) is 119 Å². The van der Waals surface area contributed by atoms with Gasteiger partial charge in [-0.1, -0.05) is 95.6 Å². The highest BCUT2D eigenvalue weighted by Crippen LogP contribution is 2.76. The minimum Gasteiger partial charge on any atom is -0.460 e. The number of benzene rings is 1. The molecule has 0 amide bonds. The summed E-state index contributed by atoms with van der Waals surface area (Å²) in [4.78, 5) is 20.2. The SMILES string of the molecule is CC1(C)CC[C@]2(C(=O)OCc3ccccc3)CC[C@]3(C)C(=CCC4[C@@]5(C)CC6C=NOC6C(C)(C)C5CC[C@]43C)[C@@H]2C1. The van der Waals surface area contributed by atoms with Crippen LogP contribution in [0.5, 0.6) is 0 Å². The Kier molecular flexibility index (Phi) is 6.28. The van der Waals surface area contributed by atoms with E-state index in [1.165, 1.54) is 19.3 Å². The molecule has 0 N–H and O–H groups in total. The van der Waals surface area contributed by atoms with E-state index in [9.17, 15) is 4.79 Å². The van der Waals surface area contributed by atoms with Crippen LogP contribution in [0, 0.1) is 56.2 Å². The highest BCUT2D eigenvalue weighted by molar-refractivity contribution is 5.79. The topological polar surface area (TPSA) is 47.9 Å². The molecule has 1 aromatic rings. The Balaban J connectivity index is 1.25. The number of carbonyl (C=O) groups excluding carboxylic acids is 1. The number of oxime groups is 1. The Morgan fingerprint density at radius 1 is 0.929 bits per heavy atom. The molecule has 0 bridgehead atoms. The average molecular weight is 572 g/mol. The summed E-state index contributed by atoms with van der Waals surface area (Å²) in [6.07, 6.45) is 15.0. The predicted molar refractivity (Wildman–Crippen MR) is 168 cm³/mol. The van der Waals surface area contributed by atoms with Crippen LogP contribution in [-0.4, -0.2) is 18.3 Å². The summed E-state index contributed by atoms with van der Waals surface area (Å²) < 4.78 is 6.20. The van der Waals surface area contributed by atoms with E-state index < -0.39 is 5.41 Å². The van der Waals surface area contributed by atoms with E-state index in [0.29, 0.717) is 24.4 Å². The van der Waals surface area contributed by atoms with Crippen LogP contribution in [0.15, 0.2) is 47.1 Å². The molecule has 4 heteroatoms. The molecule has 228 valence electrons. The van der Waals surface area contributed by atoms with Crippen LogP contribution in [0.4, 0.5) is 0 Å². The highest BCUT2D eigenvalue weighted by atomic mass is 16.6. The van der Waals surface area contributed by atoms with Gasteiger partial charge in [0.2, 0.25) is 0 Å². The van der Waals surface area contributed by atoms with Gasteiger partial charge >= 0.3 is 5.97 Å². The van der Waals surface area contributed by atoms with E-state index in [-0.39, 0.29) is 45.1 Å². The number of hydrogen-bond donors (Lipinski definition) is 0. The zero-order valence-electron chi connectivity index (χ0n) is 27.2. The van der Waals surface area contributed by atoms with Crippen LogP contribution in [0.3, 0.4) is 0 Å². The van der Waals surface area contributed by atoms with Crippen LogP contribution < -0.4 is 0 Å². The van der Waals surface area contributed by atoms with Crippen molar-refractivity contribution >= 4 is 12.2 Å². The number of rotatable bonds is 3. The molecule has 9 atom stereocenters. The van der Waals surface area contributed by atoms with Gasteiger partial charge in [-0.3, -0.25) is 4.79 Å². The molecule has 4 fully saturated rings. The van der Waals surface area contributed by atoms with Crippen LogP contribution >= 0.6 is 0 Å². The minimum absolute atomic E-state index is 0.0540. The number of nitrogens with zero attached hydrogens (tertiary/aromatic N) is 1. The van der Waals surface area contributed by atoms with Crippen molar-refractivity contribution < 1.29 is 14.4 Å². The van der Waals surface area contributed by atoms with Crippen molar-refractivity contribution in [3.63, 3.8) is 0 Å². The number of ether oxygens (including phenoxy) is 1. The number of hydrogen-bond acceptors (Lipinski definition) is 4. The lowest BCUT2D eigenvalue weighted by Crippen LogP contribution is -2.66. The summed E-state index contributed by atoms with van der Waals surface area (Å²) in [6, 6.07) is 10.2. The van der Waals surface area contributed by atoms with Gasteiger partial charge in [0, 0.05) is 11.3 Å². The van der Waals surface area contributed by atoms with Crippen LogP contribution in [0.25, 0.3) is 0 Å². The van der Waals surface area contributed by atoms with Crippen molar-refractivity contribution in [1.82, 2.24) is 0 Å². The summed E-state index contributed by atoms with van der Waals surface area (Å²) in [7, 11) is 0. The maximum absolute atomic E-state index is 14.2. The molecule has 6 aliphatic rings. The monoisotopic (exact) mass is 571 g/mol. The Labute approximate surface area is 254 Å². The molecule has 1 heterocycles. The van der Waals surface area contributed by atoms with Gasteiger partial charge in [0.15, 0.2) is 0 Å². The summed E-state index contributed by atoms with van der Waals surface area (Å²) in [6.45, 7) is 18.0. The standard InChI is InChI=1S/C38H53NO3/c1-33(2)17-19-38(32(40)41-24-25-11-9-8-10-12-25)20-18-36(6)27(28(38)22-33)13-14-30-35(5)21-26-23-39-42-31(26)34(3,4)29(35)15-16-37(30,36)7/h8-13,23,26,28-31H,14-22,24H2,1-7H3/t26?,28-,29?,30?,31?,35-,36+,37+,38-/m0/s1. The fourth-order valence-electron chi connectivity index (χ4n) is 12.2. The normalized spacial score (nSPS) is 46.1. The van der Waals surface area contributed by atoms with Crippen LogP contribution in [0.1, 0.15) is 112 Å². The van der Waals surface area contributed by atoms with Gasteiger partial charge < -0.3 is 9.57 Å². The number of fused-ring (bicyclic) bond motifs is 8. The first-order chi connectivity index (χ1) is 19.8. The molecular weight excluding hydrogens is 518 g/mol. The second-order valence-electron chi connectivity index (χ2n) is 17.4. The van der Waals surface area contributed by atoms with Crippen LogP contribution in [0.2, 0.25) is 0 Å². The molecule has 0 spiro atoms. The molecule has 7 rings (SSSR count). The summed E-state index contributed by atoms with van der Waals surface area (Å²) in [5.41, 5.74) is 3.20. The van der Waals surface area contributed by atoms with Gasteiger partial charge in [0.25, 0.3) is 0 Å². The summed E-state index contributed by atoms with van der Waals surface area (Å²) in [5.74, 6) is 2.00. The maximum atomic E-state index is 14.2. The Hall–Kier alpha value is -2.10. The van der Waals surface area contributed by atoms with Gasteiger partial charge in [-0.15, -0.1) is 0 Å². The molecule has 0 saturated heterocycles. The van der Waals surface area contributed by atoms with Gasteiger partial charge in [-0.25, -0.2) is 0 Å².